The van der Waals surface area contributed by atoms with E-state index in [1.54, 1.807) is 0 Å². The number of hydrogen-bond acceptors (Lipinski definition) is 7. The van der Waals surface area contributed by atoms with Crippen LogP contribution >= 0.6 is 0 Å². The van der Waals surface area contributed by atoms with E-state index in [1.165, 1.54) is 6.92 Å². The molecule has 2 rings (SSSR count). The van der Waals surface area contributed by atoms with Gasteiger partial charge in [-0.2, -0.15) is 13.8 Å². The standard InChI is InChI=1S/C16H19F2N3O6/c1-8(2)9(23)3-4-12(24)19-11-5-6-21(15(26)20-11)14-16(17,18)13(25)10(7-22)27-14/h5-6,10,13-14,22,25H,1,3-4,7H2,2H3,(H,19,20,24,26)/t10-,13+,14-/m1/s1. The van der Waals surface area contributed by atoms with Gasteiger partial charge in [0.15, 0.2) is 11.9 Å². The SMILES string of the molecule is C=C(C)C(=O)CCC(=O)Nc1ccn([C@@H]2O[C@H](CO)[C@H](O)C2(F)F)c(=O)n1. The first kappa shape index (κ1) is 20.8. The second-order valence-electron chi connectivity index (χ2n) is 6.08. The average Bonchev–Trinajstić information content (AvgIpc) is 2.82. The molecule has 3 atom stereocenters. The van der Waals surface area contributed by atoms with Crippen molar-refractivity contribution < 1.29 is 33.3 Å². The molecule has 1 aromatic heterocycles. The molecule has 1 aliphatic rings. The van der Waals surface area contributed by atoms with Gasteiger partial charge in [0, 0.05) is 19.0 Å². The summed E-state index contributed by atoms with van der Waals surface area (Å²) in [4.78, 5) is 38.7. The number of ether oxygens (including phenoxy) is 1. The lowest BCUT2D eigenvalue weighted by molar-refractivity contribution is -0.141. The highest BCUT2D eigenvalue weighted by Gasteiger charge is 2.59. The van der Waals surface area contributed by atoms with Crippen molar-refractivity contribution in [1.82, 2.24) is 9.55 Å². The molecule has 1 fully saturated rings. The van der Waals surface area contributed by atoms with Crippen molar-refractivity contribution in [3.8, 4) is 0 Å². The molecule has 0 spiro atoms. The van der Waals surface area contributed by atoms with E-state index >= 15 is 0 Å². The molecule has 1 amide bonds. The van der Waals surface area contributed by atoms with Gasteiger partial charge >= 0.3 is 11.6 Å². The van der Waals surface area contributed by atoms with Crippen LogP contribution in [0.2, 0.25) is 0 Å². The van der Waals surface area contributed by atoms with Crippen LogP contribution in [-0.4, -0.2) is 56.2 Å². The molecule has 0 saturated carbocycles. The third kappa shape index (κ3) is 4.43. The minimum atomic E-state index is -3.83. The maximum atomic E-state index is 14.1. The van der Waals surface area contributed by atoms with Crippen LogP contribution in [0.3, 0.4) is 0 Å². The fraction of sp³-hybridized carbons (Fsp3) is 0.500. The van der Waals surface area contributed by atoms with Crippen molar-refractivity contribution in [3.05, 3.63) is 34.9 Å². The third-order valence-electron chi connectivity index (χ3n) is 3.96. The summed E-state index contributed by atoms with van der Waals surface area (Å²) in [6, 6.07) is 1.10. The van der Waals surface area contributed by atoms with Crippen molar-refractivity contribution >= 4 is 17.5 Å². The number of nitrogens with one attached hydrogen (secondary N) is 1. The summed E-state index contributed by atoms with van der Waals surface area (Å²) in [5, 5.41) is 20.7. The summed E-state index contributed by atoms with van der Waals surface area (Å²) in [6.45, 7) is 4.12. The van der Waals surface area contributed by atoms with Crippen molar-refractivity contribution in [2.45, 2.75) is 44.1 Å². The molecule has 1 saturated heterocycles. The zero-order chi connectivity index (χ0) is 20.4. The quantitative estimate of drug-likeness (QED) is 0.561. The number of aromatic nitrogens is 2. The molecule has 1 aliphatic heterocycles. The topological polar surface area (TPSA) is 131 Å². The number of ketones is 1. The number of halogens is 2. The van der Waals surface area contributed by atoms with Crippen molar-refractivity contribution in [2.75, 3.05) is 11.9 Å². The lowest BCUT2D eigenvalue weighted by atomic mass is 10.1. The third-order valence-corrected chi connectivity index (χ3v) is 3.96. The lowest BCUT2D eigenvalue weighted by Crippen LogP contribution is -2.41. The van der Waals surface area contributed by atoms with Gasteiger partial charge < -0.3 is 20.3 Å². The summed E-state index contributed by atoms with van der Waals surface area (Å²) in [6.07, 6.45) is -5.30. The summed E-state index contributed by atoms with van der Waals surface area (Å²) in [7, 11) is 0. The molecule has 2 heterocycles. The molecule has 0 aliphatic carbocycles. The van der Waals surface area contributed by atoms with E-state index < -0.39 is 42.6 Å². The second kappa shape index (κ2) is 8.03. The number of rotatable bonds is 7. The Morgan fingerprint density at radius 2 is 2.11 bits per heavy atom. The Kier molecular flexibility index (Phi) is 6.19. The van der Waals surface area contributed by atoms with Gasteiger partial charge in [0.25, 0.3) is 0 Å². The monoisotopic (exact) mass is 387 g/mol. The van der Waals surface area contributed by atoms with Gasteiger partial charge in [-0.1, -0.05) is 6.58 Å². The molecule has 9 nitrogen and oxygen atoms in total. The number of amides is 1. The van der Waals surface area contributed by atoms with Crippen LogP contribution in [0.25, 0.3) is 0 Å². The largest absolute Gasteiger partial charge is 0.394 e. The molecular formula is C16H19F2N3O6. The predicted octanol–water partition coefficient (Wildman–Crippen LogP) is -0.00690. The Morgan fingerprint density at radius 1 is 1.44 bits per heavy atom. The number of aliphatic hydroxyl groups is 2. The van der Waals surface area contributed by atoms with Crippen LogP contribution in [0.4, 0.5) is 14.6 Å². The van der Waals surface area contributed by atoms with Gasteiger partial charge in [0.2, 0.25) is 12.1 Å². The zero-order valence-electron chi connectivity index (χ0n) is 14.4. The van der Waals surface area contributed by atoms with Gasteiger partial charge in [-0.25, -0.2) is 4.79 Å². The van der Waals surface area contributed by atoms with Gasteiger partial charge in [-0.05, 0) is 18.6 Å². The van der Waals surface area contributed by atoms with Crippen LogP contribution < -0.4 is 11.0 Å². The number of alkyl halides is 2. The van der Waals surface area contributed by atoms with Crippen LogP contribution in [0, 0.1) is 0 Å². The van der Waals surface area contributed by atoms with E-state index in [-0.39, 0.29) is 24.4 Å². The van der Waals surface area contributed by atoms with Crippen LogP contribution in [0.15, 0.2) is 29.2 Å². The van der Waals surface area contributed by atoms with Crippen molar-refractivity contribution in [1.29, 1.82) is 0 Å². The second-order valence-corrected chi connectivity index (χ2v) is 6.08. The Hall–Kier alpha value is -2.50. The van der Waals surface area contributed by atoms with Crippen LogP contribution in [-0.2, 0) is 14.3 Å². The zero-order valence-corrected chi connectivity index (χ0v) is 14.4. The number of nitrogens with zero attached hydrogens (tertiary/aromatic N) is 2. The summed E-state index contributed by atoms with van der Waals surface area (Å²) < 4.78 is 33.5. The Balaban J connectivity index is 2.10. The maximum absolute atomic E-state index is 14.1. The highest BCUT2D eigenvalue weighted by Crippen LogP contribution is 2.41. The van der Waals surface area contributed by atoms with Crippen LogP contribution in [0.5, 0.6) is 0 Å². The van der Waals surface area contributed by atoms with Crippen LogP contribution in [0.1, 0.15) is 26.0 Å². The van der Waals surface area contributed by atoms with E-state index in [4.69, 9.17) is 9.84 Å². The Bertz CT molecular complexity index is 810. The summed E-state index contributed by atoms with van der Waals surface area (Å²) in [5.74, 6) is -4.89. The van der Waals surface area contributed by atoms with Crippen molar-refractivity contribution in [2.24, 2.45) is 0 Å². The molecule has 1 aromatic rings. The van der Waals surface area contributed by atoms with Gasteiger partial charge in [0.1, 0.15) is 11.9 Å². The predicted molar refractivity (Wildman–Crippen MR) is 88.1 cm³/mol. The lowest BCUT2D eigenvalue weighted by Gasteiger charge is -2.21. The molecule has 27 heavy (non-hydrogen) atoms. The fourth-order valence-corrected chi connectivity index (χ4v) is 2.43. The van der Waals surface area contributed by atoms with E-state index in [9.17, 15) is 28.3 Å². The number of hydrogen-bond donors (Lipinski definition) is 3. The summed E-state index contributed by atoms with van der Waals surface area (Å²) >= 11 is 0. The van der Waals surface area contributed by atoms with Gasteiger partial charge in [-0.15, -0.1) is 0 Å². The number of aliphatic hydroxyl groups excluding tert-OH is 2. The van der Waals surface area contributed by atoms with E-state index in [2.05, 4.69) is 16.9 Å². The normalized spacial score (nSPS) is 23.8. The van der Waals surface area contributed by atoms with E-state index in [0.717, 1.165) is 12.3 Å². The fourth-order valence-electron chi connectivity index (χ4n) is 2.43. The van der Waals surface area contributed by atoms with Gasteiger partial charge in [-0.3, -0.25) is 14.2 Å². The minimum absolute atomic E-state index is 0.0686. The molecule has 0 radical (unpaired) electrons. The summed E-state index contributed by atoms with van der Waals surface area (Å²) in [5.41, 5.74) is -0.842. The number of carbonyl (C=O) groups excluding carboxylic acids is 2. The molecule has 3 N–H and O–H groups in total. The van der Waals surface area contributed by atoms with Crippen molar-refractivity contribution in [3.63, 3.8) is 0 Å². The molecule has 148 valence electrons. The molecular weight excluding hydrogens is 368 g/mol. The number of carbonyl (C=O) groups is 2. The first-order valence-corrected chi connectivity index (χ1v) is 7.97. The highest BCUT2D eigenvalue weighted by molar-refractivity contribution is 5.98. The molecule has 0 unspecified atom stereocenters. The van der Waals surface area contributed by atoms with E-state index in [1.807, 2.05) is 0 Å². The molecule has 0 bridgehead atoms. The van der Waals surface area contributed by atoms with Gasteiger partial charge in [0.05, 0.1) is 6.61 Å². The average molecular weight is 387 g/mol. The maximum Gasteiger partial charge on any atom is 0.351 e. The minimum Gasteiger partial charge on any atom is -0.394 e. The van der Waals surface area contributed by atoms with E-state index in [0.29, 0.717) is 10.1 Å². The first-order chi connectivity index (χ1) is 12.6. The first-order valence-electron chi connectivity index (χ1n) is 7.97. The number of anilines is 1. The smallest absolute Gasteiger partial charge is 0.351 e. The number of allylic oxidation sites excluding steroid dienone is 1. The highest BCUT2D eigenvalue weighted by atomic mass is 19.3. The molecule has 11 heteroatoms. The Labute approximate surface area is 152 Å². The number of Topliss-reactive ketones (excluding diaryl/α,β-unsaturated/α-hetero) is 1. The Morgan fingerprint density at radius 3 is 2.63 bits per heavy atom. The molecule has 0 aromatic carbocycles.